The molecule has 0 aliphatic carbocycles. The van der Waals surface area contributed by atoms with Gasteiger partial charge in [-0.15, -0.1) is 4.83 Å². The summed E-state index contributed by atoms with van der Waals surface area (Å²) in [4.78, 5) is 16.6. The molecule has 0 radical (unpaired) electrons. The maximum absolute atomic E-state index is 13.4. The highest BCUT2D eigenvalue weighted by Crippen LogP contribution is 2.12. The molecule has 0 bridgehead atoms. The van der Waals surface area contributed by atoms with Gasteiger partial charge in [-0.2, -0.15) is 0 Å². The van der Waals surface area contributed by atoms with Gasteiger partial charge in [0.1, 0.15) is 16.4 Å². The molecule has 2 aromatic rings. The third kappa shape index (κ3) is 3.16. The predicted molar refractivity (Wildman–Crippen MR) is 68.4 cm³/mol. The van der Waals surface area contributed by atoms with E-state index in [4.69, 9.17) is 0 Å². The van der Waals surface area contributed by atoms with Gasteiger partial charge in [-0.05, 0) is 24.3 Å². The van der Waals surface area contributed by atoms with Crippen LogP contribution in [0.5, 0.6) is 0 Å². The Hall–Kier alpha value is -2.32. The Morgan fingerprint density at radius 3 is 2.45 bits per heavy atom. The number of nitrogens with zero attached hydrogens (tertiary/aromatic N) is 1. The molecule has 2 rings (SSSR count). The lowest BCUT2D eigenvalue weighted by Crippen LogP contribution is -2.42. The van der Waals surface area contributed by atoms with E-state index in [1.54, 1.807) is 12.1 Å². The number of rotatable bonds is 4. The van der Waals surface area contributed by atoms with Crippen LogP contribution >= 0.6 is 0 Å². The minimum atomic E-state index is -4.18. The summed E-state index contributed by atoms with van der Waals surface area (Å²) in [6.07, 6.45) is 1.39. The molecule has 1 amide bonds. The molecule has 0 saturated carbocycles. The van der Waals surface area contributed by atoms with Crippen molar-refractivity contribution in [1.82, 2.24) is 15.2 Å². The smallest absolute Gasteiger partial charge is 0.272 e. The third-order valence-corrected chi connectivity index (χ3v) is 3.60. The summed E-state index contributed by atoms with van der Waals surface area (Å²) in [7, 11) is -4.18. The Morgan fingerprint density at radius 2 is 1.80 bits per heavy atom. The maximum atomic E-state index is 13.4. The molecule has 6 nitrogen and oxygen atoms in total. The molecule has 20 heavy (non-hydrogen) atoms. The average Bonchev–Trinajstić information content (AvgIpc) is 2.46. The number of aromatic nitrogens is 1. The predicted octanol–water partition coefficient (Wildman–Crippen LogP) is 0.844. The van der Waals surface area contributed by atoms with Crippen molar-refractivity contribution in [3.8, 4) is 0 Å². The van der Waals surface area contributed by atoms with Crippen LogP contribution in [0.15, 0.2) is 53.6 Å². The number of sulfonamides is 1. The average molecular weight is 295 g/mol. The second-order valence-corrected chi connectivity index (χ2v) is 5.36. The largest absolute Gasteiger partial charge is 0.284 e. The van der Waals surface area contributed by atoms with Gasteiger partial charge < -0.3 is 0 Å². The van der Waals surface area contributed by atoms with Crippen molar-refractivity contribution in [1.29, 1.82) is 0 Å². The number of nitrogens with one attached hydrogen (secondary N) is 2. The first kappa shape index (κ1) is 14.1. The van der Waals surface area contributed by atoms with Crippen LogP contribution in [0.3, 0.4) is 0 Å². The zero-order valence-electron chi connectivity index (χ0n) is 10.1. The quantitative estimate of drug-likeness (QED) is 0.818. The molecule has 1 aromatic heterocycles. The molecule has 0 aliphatic heterocycles. The van der Waals surface area contributed by atoms with E-state index in [9.17, 15) is 17.6 Å². The van der Waals surface area contributed by atoms with Crippen molar-refractivity contribution in [2.24, 2.45) is 0 Å². The Balaban J connectivity index is 2.11. The molecule has 104 valence electrons. The Kier molecular flexibility index (Phi) is 4.06. The Morgan fingerprint density at radius 1 is 1.10 bits per heavy atom. The first-order valence-electron chi connectivity index (χ1n) is 5.48. The van der Waals surface area contributed by atoms with Crippen LogP contribution in [0.2, 0.25) is 0 Å². The van der Waals surface area contributed by atoms with Gasteiger partial charge in [0.25, 0.3) is 15.9 Å². The van der Waals surface area contributed by atoms with Crippen LogP contribution < -0.4 is 10.3 Å². The van der Waals surface area contributed by atoms with E-state index in [2.05, 4.69) is 4.98 Å². The summed E-state index contributed by atoms with van der Waals surface area (Å²) in [5.74, 6) is -1.66. The van der Waals surface area contributed by atoms with Gasteiger partial charge in [0.2, 0.25) is 0 Å². The molecule has 0 aliphatic rings. The van der Waals surface area contributed by atoms with E-state index in [1.165, 1.54) is 24.4 Å². The third-order valence-electron chi connectivity index (χ3n) is 2.32. The van der Waals surface area contributed by atoms with Crippen molar-refractivity contribution < 1.29 is 17.6 Å². The number of benzene rings is 1. The lowest BCUT2D eigenvalue weighted by atomic mass is 10.3. The number of hydrogen-bond donors (Lipinski definition) is 2. The van der Waals surface area contributed by atoms with Crippen LogP contribution in [0.25, 0.3) is 0 Å². The molecule has 8 heteroatoms. The fourth-order valence-electron chi connectivity index (χ4n) is 1.39. The van der Waals surface area contributed by atoms with Crippen LogP contribution in [-0.2, 0) is 10.0 Å². The zero-order chi connectivity index (χ0) is 14.6. The second-order valence-electron chi connectivity index (χ2n) is 3.71. The van der Waals surface area contributed by atoms with Crippen LogP contribution in [0, 0.1) is 5.82 Å². The number of halogens is 1. The SMILES string of the molecule is O=C(NNS(=O)(=O)c1ccccc1F)c1ccccn1. The van der Waals surface area contributed by atoms with Crippen molar-refractivity contribution >= 4 is 15.9 Å². The van der Waals surface area contributed by atoms with E-state index >= 15 is 0 Å². The molecule has 1 heterocycles. The summed E-state index contributed by atoms with van der Waals surface area (Å²) < 4.78 is 37.0. The summed E-state index contributed by atoms with van der Waals surface area (Å²) in [5.41, 5.74) is 1.99. The fraction of sp³-hybridized carbons (Fsp3) is 0. The summed E-state index contributed by atoms with van der Waals surface area (Å²) in [5, 5.41) is 0. The minimum Gasteiger partial charge on any atom is -0.272 e. The summed E-state index contributed by atoms with van der Waals surface area (Å²) >= 11 is 0. The van der Waals surface area contributed by atoms with E-state index in [1.807, 2.05) is 10.3 Å². The van der Waals surface area contributed by atoms with Gasteiger partial charge in [0.05, 0.1) is 0 Å². The van der Waals surface area contributed by atoms with Crippen molar-refractivity contribution in [2.45, 2.75) is 4.90 Å². The van der Waals surface area contributed by atoms with Gasteiger partial charge in [-0.25, -0.2) is 12.8 Å². The van der Waals surface area contributed by atoms with Crippen molar-refractivity contribution in [3.63, 3.8) is 0 Å². The number of carbonyl (C=O) groups excluding carboxylic acids is 1. The molecule has 1 aromatic carbocycles. The molecular formula is C12H10FN3O3S. The topological polar surface area (TPSA) is 88.2 Å². The second kappa shape index (κ2) is 5.76. The highest BCUT2D eigenvalue weighted by atomic mass is 32.2. The lowest BCUT2D eigenvalue weighted by molar-refractivity contribution is 0.0940. The van der Waals surface area contributed by atoms with Crippen molar-refractivity contribution in [2.75, 3.05) is 0 Å². The van der Waals surface area contributed by atoms with Gasteiger partial charge in [0.15, 0.2) is 0 Å². The van der Waals surface area contributed by atoms with Crippen LogP contribution in [-0.4, -0.2) is 19.3 Å². The first-order valence-corrected chi connectivity index (χ1v) is 6.97. The molecule has 0 saturated heterocycles. The highest BCUT2D eigenvalue weighted by Gasteiger charge is 2.19. The fourth-order valence-corrected chi connectivity index (χ4v) is 2.31. The summed E-state index contributed by atoms with van der Waals surface area (Å²) in [6, 6.07) is 9.43. The van der Waals surface area contributed by atoms with E-state index < -0.39 is 26.6 Å². The van der Waals surface area contributed by atoms with Crippen LogP contribution in [0.4, 0.5) is 4.39 Å². The van der Waals surface area contributed by atoms with Crippen LogP contribution in [0.1, 0.15) is 10.5 Å². The van der Waals surface area contributed by atoms with Gasteiger partial charge >= 0.3 is 0 Å². The number of amides is 1. The minimum absolute atomic E-state index is 0.0312. The van der Waals surface area contributed by atoms with Gasteiger partial charge in [-0.1, -0.05) is 18.2 Å². The van der Waals surface area contributed by atoms with Crippen molar-refractivity contribution in [3.05, 3.63) is 60.2 Å². The van der Waals surface area contributed by atoms with E-state index in [-0.39, 0.29) is 5.69 Å². The summed E-state index contributed by atoms with van der Waals surface area (Å²) in [6.45, 7) is 0. The maximum Gasteiger partial charge on any atom is 0.284 e. The number of hydrogen-bond acceptors (Lipinski definition) is 4. The first-order chi connectivity index (χ1) is 9.50. The van der Waals surface area contributed by atoms with E-state index in [0.717, 1.165) is 12.1 Å². The molecule has 0 unspecified atom stereocenters. The molecule has 0 fully saturated rings. The number of hydrazine groups is 1. The Bertz CT molecular complexity index is 720. The monoisotopic (exact) mass is 295 g/mol. The van der Waals surface area contributed by atoms with E-state index in [0.29, 0.717) is 0 Å². The number of pyridine rings is 1. The van der Waals surface area contributed by atoms with Gasteiger partial charge in [0, 0.05) is 6.20 Å². The lowest BCUT2D eigenvalue weighted by Gasteiger charge is -2.08. The molecular weight excluding hydrogens is 285 g/mol. The molecule has 2 N–H and O–H groups in total. The normalized spacial score (nSPS) is 11.1. The Labute approximate surface area is 114 Å². The zero-order valence-corrected chi connectivity index (χ0v) is 10.9. The number of carbonyl (C=O) groups is 1. The molecule has 0 spiro atoms. The standard InChI is InChI=1S/C12H10FN3O3S/c13-9-5-1-2-7-11(9)20(18,19)16-15-12(17)10-6-3-4-8-14-10/h1-8,16H,(H,15,17). The molecule has 0 atom stereocenters. The highest BCUT2D eigenvalue weighted by molar-refractivity contribution is 7.89. The van der Waals surface area contributed by atoms with Gasteiger partial charge in [-0.3, -0.25) is 15.2 Å².